The van der Waals surface area contributed by atoms with Crippen LogP contribution in [0.2, 0.25) is 0 Å². The van der Waals surface area contributed by atoms with Gasteiger partial charge >= 0.3 is 5.97 Å². The number of fused-ring (bicyclic) bond motifs is 1. The van der Waals surface area contributed by atoms with E-state index in [0.29, 0.717) is 19.4 Å². The van der Waals surface area contributed by atoms with E-state index in [1.54, 1.807) is 33.7 Å². The third-order valence-corrected chi connectivity index (χ3v) is 11.3. The Morgan fingerprint density at radius 3 is 2.56 bits per heavy atom. The van der Waals surface area contributed by atoms with Crippen LogP contribution in [0.15, 0.2) is 55.6 Å². The Morgan fingerprint density at radius 1 is 1.28 bits per heavy atom. The number of benzene rings is 1. The second-order valence-electron chi connectivity index (χ2n) is 11.5. The van der Waals surface area contributed by atoms with E-state index in [-0.39, 0.29) is 35.1 Å². The summed E-state index contributed by atoms with van der Waals surface area (Å²) in [6.45, 7) is 13.7. The molecule has 7 atom stereocenters. The summed E-state index contributed by atoms with van der Waals surface area (Å²) in [5.41, 5.74) is 0.210. The number of carbonyl (C=O) groups is 3. The lowest BCUT2D eigenvalue weighted by molar-refractivity contribution is -0.154. The van der Waals surface area contributed by atoms with Crippen molar-refractivity contribution in [3.8, 4) is 0 Å². The number of carbonyl (C=O) groups excluding carboxylic acids is 3. The SMILES string of the molecule is C=CCCCOC(=O)[C@H]1[C@@H]2SC3(CC2Br)C(C(=O)N(CC=C)C(C)(C)C)N([C@H](CO)c2ccccc2)C(=O)[C@H]13. The van der Waals surface area contributed by atoms with Gasteiger partial charge in [-0.05, 0) is 45.6 Å². The Morgan fingerprint density at radius 2 is 1.97 bits per heavy atom. The van der Waals surface area contributed by atoms with Crippen molar-refractivity contribution in [3.05, 3.63) is 61.2 Å². The van der Waals surface area contributed by atoms with E-state index in [2.05, 4.69) is 29.1 Å². The van der Waals surface area contributed by atoms with Gasteiger partial charge in [-0.1, -0.05) is 58.4 Å². The van der Waals surface area contributed by atoms with Gasteiger partial charge in [0.15, 0.2) is 0 Å². The molecule has 212 valence electrons. The molecule has 3 saturated heterocycles. The number of alkyl halides is 1. The minimum atomic E-state index is -0.861. The monoisotopic (exact) mass is 618 g/mol. The molecular weight excluding hydrogens is 580 g/mol. The summed E-state index contributed by atoms with van der Waals surface area (Å²) in [5.74, 6) is -2.26. The predicted molar refractivity (Wildman–Crippen MR) is 157 cm³/mol. The summed E-state index contributed by atoms with van der Waals surface area (Å²) in [5, 5.41) is 10.4. The number of ether oxygens (including phenoxy) is 1. The van der Waals surface area contributed by atoms with E-state index in [1.807, 2.05) is 51.1 Å². The van der Waals surface area contributed by atoms with Crippen molar-refractivity contribution in [2.75, 3.05) is 19.8 Å². The van der Waals surface area contributed by atoms with Crippen molar-refractivity contribution < 1.29 is 24.2 Å². The zero-order chi connectivity index (χ0) is 28.5. The number of likely N-dealkylation sites (tertiary alicyclic amines) is 1. The molecule has 1 aromatic carbocycles. The Kier molecular flexibility index (Phi) is 9.03. The van der Waals surface area contributed by atoms with Crippen LogP contribution in [0.4, 0.5) is 0 Å². The van der Waals surface area contributed by atoms with Crippen LogP contribution in [-0.4, -0.2) is 78.9 Å². The molecule has 0 aliphatic carbocycles. The number of unbranched alkanes of at least 4 members (excludes halogenated alkanes) is 1. The van der Waals surface area contributed by atoms with Gasteiger partial charge in [-0.3, -0.25) is 14.4 Å². The molecule has 4 rings (SSSR count). The van der Waals surface area contributed by atoms with E-state index >= 15 is 0 Å². The fraction of sp³-hybridized carbons (Fsp3) is 0.567. The molecule has 9 heteroatoms. The summed E-state index contributed by atoms with van der Waals surface area (Å²) in [6.07, 6.45) is 5.43. The molecule has 3 unspecified atom stereocenters. The van der Waals surface area contributed by atoms with Crippen molar-refractivity contribution in [2.24, 2.45) is 11.8 Å². The lowest BCUT2D eigenvalue weighted by atomic mass is 9.71. The number of rotatable bonds is 11. The van der Waals surface area contributed by atoms with Gasteiger partial charge in [0.25, 0.3) is 0 Å². The van der Waals surface area contributed by atoms with E-state index in [0.717, 1.165) is 12.0 Å². The standard InChI is InChI=1S/C30H39BrN2O5S/c1-6-8-12-16-38-28(37)22-23-26(35)33(21(18-34)19-13-10-9-11-14-19)25(30(23)17-20(31)24(22)39-30)27(36)32(15-7-2)29(3,4)5/h6-7,9-11,13-14,20-25,34H,1-2,8,12,15-18H2,3-5H3/t20?,21-,22-,23+,24-,25?,30?/m1/s1. The molecule has 1 spiro atoms. The van der Waals surface area contributed by atoms with Gasteiger partial charge < -0.3 is 19.6 Å². The maximum atomic E-state index is 14.6. The molecule has 2 amide bonds. The number of amides is 2. The molecule has 0 aromatic heterocycles. The quantitative estimate of drug-likeness (QED) is 0.170. The summed E-state index contributed by atoms with van der Waals surface area (Å²) in [4.78, 5) is 45.8. The number of thioether (sulfide) groups is 1. The maximum Gasteiger partial charge on any atom is 0.310 e. The Bertz CT molecular complexity index is 1110. The van der Waals surface area contributed by atoms with Crippen LogP contribution in [0.25, 0.3) is 0 Å². The van der Waals surface area contributed by atoms with Crippen molar-refractivity contribution in [2.45, 2.75) is 72.5 Å². The molecule has 2 bridgehead atoms. The number of halogens is 1. The third kappa shape index (κ3) is 5.22. The minimum absolute atomic E-state index is 0.0562. The number of nitrogens with zero attached hydrogens (tertiary/aromatic N) is 2. The Labute approximate surface area is 244 Å². The van der Waals surface area contributed by atoms with Gasteiger partial charge in [0.1, 0.15) is 6.04 Å². The fourth-order valence-electron chi connectivity index (χ4n) is 6.45. The van der Waals surface area contributed by atoms with E-state index in [1.165, 1.54) is 0 Å². The van der Waals surface area contributed by atoms with Crippen LogP contribution in [0, 0.1) is 11.8 Å². The van der Waals surface area contributed by atoms with Gasteiger partial charge in [-0.15, -0.1) is 24.9 Å². The van der Waals surface area contributed by atoms with Crippen LogP contribution < -0.4 is 0 Å². The molecule has 0 radical (unpaired) electrons. The first-order valence-corrected chi connectivity index (χ1v) is 15.3. The zero-order valence-corrected chi connectivity index (χ0v) is 25.3. The smallest absolute Gasteiger partial charge is 0.310 e. The summed E-state index contributed by atoms with van der Waals surface area (Å²) in [7, 11) is 0. The van der Waals surface area contributed by atoms with Crippen LogP contribution in [-0.2, 0) is 19.1 Å². The van der Waals surface area contributed by atoms with Crippen molar-refractivity contribution >= 4 is 45.5 Å². The highest BCUT2D eigenvalue weighted by Crippen LogP contribution is 2.68. The first kappa shape index (κ1) is 29.9. The van der Waals surface area contributed by atoms with Gasteiger partial charge in [0.2, 0.25) is 11.8 Å². The average Bonchev–Trinajstić information content (AvgIpc) is 3.49. The lowest BCUT2D eigenvalue weighted by Crippen LogP contribution is -2.59. The summed E-state index contributed by atoms with van der Waals surface area (Å²) >= 11 is 5.36. The molecule has 3 fully saturated rings. The number of esters is 1. The van der Waals surface area contributed by atoms with Crippen molar-refractivity contribution in [1.82, 2.24) is 9.80 Å². The summed E-state index contributed by atoms with van der Waals surface area (Å²) < 4.78 is 4.85. The van der Waals surface area contributed by atoms with E-state index in [4.69, 9.17) is 4.74 Å². The molecule has 1 aromatic rings. The number of aliphatic hydroxyl groups is 1. The Balaban J connectivity index is 1.81. The minimum Gasteiger partial charge on any atom is -0.465 e. The van der Waals surface area contributed by atoms with Crippen LogP contribution >= 0.6 is 27.7 Å². The molecule has 39 heavy (non-hydrogen) atoms. The molecule has 3 aliphatic rings. The van der Waals surface area contributed by atoms with Gasteiger partial charge in [-0.25, -0.2) is 0 Å². The number of hydrogen-bond acceptors (Lipinski definition) is 6. The lowest BCUT2D eigenvalue weighted by Gasteiger charge is -2.43. The highest BCUT2D eigenvalue weighted by molar-refractivity contribution is 9.09. The van der Waals surface area contributed by atoms with Gasteiger partial charge in [0, 0.05) is 22.2 Å². The first-order chi connectivity index (χ1) is 18.5. The second-order valence-corrected chi connectivity index (χ2v) is 14.2. The topological polar surface area (TPSA) is 87.2 Å². The van der Waals surface area contributed by atoms with Crippen LogP contribution in [0.5, 0.6) is 0 Å². The van der Waals surface area contributed by atoms with Crippen molar-refractivity contribution in [3.63, 3.8) is 0 Å². The first-order valence-electron chi connectivity index (χ1n) is 13.5. The van der Waals surface area contributed by atoms with Crippen molar-refractivity contribution in [1.29, 1.82) is 0 Å². The molecule has 7 nitrogen and oxygen atoms in total. The Hall–Kier alpha value is -2.10. The predicted octanol–water partition coefficient (Wildman–Crippen LogP) is 4.51. The second kappa shape index (κ2) is 11.8. The third-order valence-electron chi connectivity index (χ3n) is 8.11. The van der Waals surface area contributed by atoms with Gasteiger partial charge in [-0.2, -0.15) is 0 Å². The average molecular weight is 620 g/mol. The molecule has 1 N–H and O–H groups in total. The maximum absolute atomic E-state index is 14.6. The molecule has 3 heterocycles. The van der Waals surface area contributed by atoms with E-state index in [9.17, 15) is 19.5 Å². The highest BCUT2D eigenvalue weighted by atomic mass is 79.9. The largest absolute Gasteiger partial charge is 0.465 e. The van der Waals surface area contributed by atoms with E-state index < -0.39 is 40.2 Å². The summed E-state index contributed by atoms with van der Waals surface area (Å²) in [6, 6.07) is 7.70. The highest BCUT2D eigenvalue weighted by Gasteiger charge is 2.77. The normalized spacial score (nSPS) is 30.1. The zero-order valence-electron chi connectivity index (χ0n) is 22.9. The number of allylic oxidation sites excluding steroid dienone is 1. The van der Waals surface area contributed by atoms with Crippen LogP contribution in [0.3, 0.4) is 0 Å². The molecule has 0 saturated carbocycles. The van der Waals surface area contributed by atoms with Gasteiger partial charge in [0.05, 0.1) is 35.8 Å². The molecular formula is C30H39BrN2O5S. The molecule has 3 aliphatic heterocycles. The number of hydrogen-bond donors (Lipinski definition) is 1. The van der Waals surface area contributed by atoms with Crippen LogP contribution in [0.1, 0.15) is 51.6 Å². The number of aliphatic hydroxyl groups excluding tert-OH is 1. The fourth-order valence-corrected chi connectivity index (χ4v) is 10.0.